The third-order valence-electron chi connectivity index (χ3n) is 4.19. The van der Waals surface area contributed by atoms with Crippen LogP contribution in [0.15, 0.2) is 41.5 Å². The van der Waals surface area contributed by atoms with Crippen molar-refractivity contribution in [1.29, 1.82) is 0 Å². The number of aryl methyl sites for hydroxylation is 1. The summed E-state index contributed by atoms with van der Waals surface area (Å²) in [5.74, 6) is 0.692. The molecule has 2 N–H and O–H groups in total. The number of nitrogens with zero attached hydrogens (tertiary/aromatic N) is 1. The van der Waals surface area contributed by atoms with Gasteiger partial charge in [0.1, 0.15) is 11.5 Å². The van der Waals surface area contributed by atoms with E-state index in [0.717, 1.165) is 20.4 Å². The summed E-state index contributed by atoms with van der Waals surface area (Å²) in [6, 6.07) is 11.1. The number of amides is 2. The summed E-state index contributed by atoms with van der Waals surface area (Å²) in [4.78, 5) is 24.2. The number of anilines is 1. The topological polar surface area (TPSA) is 89.0 Å². The van der Waals surface area contributed by atoms with Gasteiger partial charge in [-0.05, 0) is 72.3 Å². The first-order chi connectivity index (χ1) is 13.8. The lowest BCUT2D eigenvalue weighted by molar-refractivity contribution is -0.124. The van der Waals surface area contributed by atoms with Gasteiger partial charge in [-0.1, -0.05) is 0 Å². The molecular formula is C21H24IN3O4. The lowest BCUT2D eigenvalue weighted by Crippen LogP contribution is -2.22. The van der Waals surface area contributed by atoms with Crippen molar-refractivity contribution in [1.82, 2.24) is 5.43 Å². The third kappa shape index (κ3) is 6.74. The standard InChI is InChI=1S/C21H24IN3O4/c1-13-11-15(22)5-8-18(13)23-20(26)9-10-21(27)25-24-14(2)17-7-6-16(28-3)12-19(17)29-4/h5-8,11-12H,9-10H2,1-4H3,(H,23,26)(H,25,27)/b24-14+. The first-order valence-corrected chi connectivity index (χ1v) is 10.0. The van der Waals surface area contributed by atoms with Crippen LogP contribution in [0.4, 0.5) is 5.69 Å². The summed E-state index contributed by atoms with van der Waals surface area (Å²) in [7, 11) is 3.13. The molecule has 2 aromatic rings. The highest BCUT2D eigenvalue weighted by atomic mass is 127. The Morgan fingerprint density at radius 3 is 2.41 bits per heavy atom. The molecule has 0 aliphatic rings. The number of nitrogens with one attached hydrogen (secondary N) is 2. The van der Waals surface area contributed by atoms with Gasteiger partial charge in [0.15, 0.2) is 0 Å². The number of hydrogen-bond acceptors (Lipinski definition) is 5. The zero-order chi connectivity index (χ0) is 21.4. The van der Waals surface area contributed by atoms with Crippen molar-refractivity contribution in [3.63, 3.8) is 0 Å². The predicted octanol–water partition coefficient (Wildman–Crippen LogP) is 3.88. The number of halogens is 1. The first-order valence-electron chi connectivity index (χ1n) is 8.95. The van der Waals surface area contributed by atoms with Gasteiger partial charge in [-0.2, -0.15) is 5.10 Å². The molecule has 2 aromatic carbocycles. The molecule has 0 unspecified atom stereocenters. The third-order valence-corrected chi connectivity index (χ3v) is 4.86. The summed E-state index contributed by atoms with van der Waals surface area (Å²) in [6.07, 6.45) is 0.101. The Hall–Kier alpha value is -2.62. The van der Waals surface area contributed by atoms with E-state index in [1.54, 1.807) is 39.3 Å². The summed E-state index contributed by atoms with van der Waals surface area (Å²) >= 11 is 2.22. The molecule has 0 heterocycles. The Morgan fingerprint density at radius 1 is 1.03 bits per heavy atom. The second-order valence-electron chi connectivity index (χ2n) is 6.31. The number of hydrogen-bond donors (Lipinski definition) is 2. The molecule has 154 valence electrons. The fraction of sp³-hybridized carbons (Fsp3) is 0.286. The van der Waals surface area contributed by atoms with Crippen molar-refractivity contribution in [3.8, 4) is 11.5 Å². The maximum atomic E-state index is 12.1. The highest BCUT2D eigenvalue weighted by Crippen LogP contribution is 2.25. The number of rotatable bonds is 8. The van der Waals surface area contributed by atoms with E-state index in [1.165, 1.54) is 0 Å². The first kappa shape index (κ1) is 22.7. The molecule has 0 atom stereocenters. The van der Waals surface area contributed by atoms with E-state index >= 15 is 0 Å². The van der Waals surface area contributed by atoms with Gasteiger partial charge in [0.2, 0.25) is 11.8 Å². The Kier molecular flexibility index (Phi) is 8.44. The van der Waals surface area contributed by atoms with E-state index in [-0.39, 0.29) is 24.7 Å². The number of benzene rings is 2. The molecule has 0 aromatic heterocycles. The molecule has 2 rings (SSSR count). The molecule has 0 spiro atoms. The molecule has 8 heteroatoms. The van der Waals surface area contributed by atoms with Crippen LogP contribution in [0.2, 0.25) is 0 Å². The van der Waals surface area contributed by atoms with Crippen LogP contribution in [0.25, 0.3) is 0 Å². The zero-order valence-electron chi connectivity index (χ0n) is 16.8. The quantitative estimate of drug-likeness (QED) is 0.321. The maximum Gasteiger partial charge on any atom is 0.240 e. The van der Waals surface area contributed by atoms with Crippen LogP contribution in [-0.2, 0) is 9.59 Å². The molecule has 2 amide bonds. The average molecular weight is 509 g/mol. The van der Waals surface area contributed by atoms with Crippen molar-refractivity contribution in [3.05, 3.63) is 51.1 Å². The van der Waals surface area contributed by atoms with Gasteiger partial charge in [-0.25, -0.2) is 5.43 Å². The Morgan fingerprint density at radius 2 is 1.76 bits per heavy atom. The van der Waals surface area contributed by atoms with Crippen molar-refractivity contribution in [2.45, 2.75) is 26.7 Å². The van der Waals surface area contributed by atoms with Crippen molar-refractivity contribution < 1.29 is 19.1 Å². The van der Waals surface area contributed by atoms with E-state index in [9.17, 15) is 9.59 Å². The van der Waals surface area contributed by atoms with Crippen molar-refractivity contribution in [2.24, 2.45) is 5.10 Å². The fourth-order valence-corrected chi connectivity index (χ4v) is 3.21. The molecule has 0 bridgehead atoms. The highest BCUT2D eigenvalue weighted by molar-refractivity contribution is 14.1. The highest BCUT2D eigenvalue weighted by Gasteiger charge is 2.11. The van der Waals surface area contributed by atoms with Gasteiger partial charge in [0.25, 0.3) is 0 Å². The largest absolute Gasteiger partial charge is 0.497 e. The maximum absolute atomic E-state index is 12.1. The summed E-state index contributed by atoms with van der Waals surface area (Å²) in [5, 5.41) is 6.93. The van der Waals surface area contributed by atoms with E-state index < -0.39 is 0 Å². The molecule has 0 saturated heterocycles. The molecule has 0 fully saturated rings. The molecule has 0 aliphatic carbocycles. The Balaban J connectivity index is 1.89. The van der Waals surface area contributed by atoms with Crippen LogP contribution < -0.4 is 20.2 Å². The van der Waals surface area contributed by atoms with Crippen LogP contribution in [0, 0.1) is 10.5 Å². The van der Waals surface area contributed by atoms with Crippen molar-refractivity contribution in [2.75, 3.05) is 19.5 Å². The van der Waals surface area contributed by atoms with Gasteiger partial charge in [-0.3, -0.25) is 9.59 Å². The van der Waals surface area contributed by atoms with Gasteiger partial charge < -0.3 is 14.8 Å². The van der Waals surface area contributed by atoms with Crippen molar-refractivity contribution >= 4 is 45.8 Å². The van der Waals surface area contributed by atoms with Crippen LogP contribution >= 0.6 is 22.6 Å². The normalized spacial score (nSPS) is 11.0. The zero-order valence-corrected chi connectivity index (χ0v) is 19.0. The lowest BCUT2D eigenvalue weighted by Gasteiger charge is -2.10. The second-order valence-corrected chi connectivity index (χ2v) is 7.55. The number of methoxy groups -OCH3 is 2. The van der Waals surface area contributed by atoms with Crippen LogP contribution in [0.3, 0.4) is 0 Å². The van der Waals surface area contributed by atoms with E-state index in [2.05, 4.69) is 38.4 Å². The molecule has 29 heavy (non-hydrogen) atoms. The van der Waals surface area contributed by atoms with E-state index in [0.29, 0.717) is 17.2 Å². The molecule has 7 nitrogen and oxygen atoms in total. The molecule has 0 aliphatic heterocycles. The van der Waals surface area contributed by atoms with Gasteiger partial charge in [-0.15, -0.1) is 0 Å². The van der Waals surface area contributed by atoms with Gasteiger partial charge in [0.05, 0.1) is 19.9 Å². The minimum absolute atomic E-state index is 0.0335. The van der Waals surface area contributed by atoms with Crippen LogP contribution in [0.1, 0.15) is 30.9 Å². The van der Waals surface area contributed by atoms with Gasteiger partial charge >= 0.3 is 0 Å². The minimum atomic E-state index is -0.341. The predicted molar refractivity (Wildman–Crippen MR) is 122 cm³/mol. The number of ether oxygens (including phenoxy) is 2. The fourth-order valence-electron chi connectivity index (χ4n) is 2.57. The van der Waals surface area contributed by atoms with Crippen LogP contribution in [0.5, 0.6) is 11.5 Å². The van der Waals surface area contributed by atoms with Gasteiger partial charge in [0, 0.05) is 33.7 Å². The Bertz CT molecular complexity index is 928. The second kappa shape index (κ2) is 10.8. The lowest BCUT2D eigenvalue weighted by atomic mass is 10.1. The molecule has 0 radical (unpaired) electrons. The summed E-state index contributed by atoms with van der Waals surface area (Å²) in [5.41, 5.74) is 5.52. The Labute approximate surface area is 184 Å². The SMILES string of the molecule is COc1ccc(/C(C)=N/NC(=O)CCC(=O)Nc2ccc(I)cc2C)c(OC)c1. The average Bonchev–Trinajstić information content (AvgIpc) is 2.71. The summed E-state index contributed by atoms with van der Waals surface area (Å²) in [6.45, 7) is 3.69. The smallest absolute Gasteiger partial charge is 0.240 e. The monoisotopic (exact) mass is 509 g/mol. The van der Waals surface area contributed by atoms with E-state index in [4.69, 9.17) is 9.47 Å². The minimum Gasteiger partial charge on any atom is -0.497 e. The summed E-state index contributed by atoms with van der Waals surface area (Å²) < 4.78 is 11.6. The number of carbonyl (C=O) groups is 2. The van der Waals surface area contributed by atoms with Crippen LogP contribution in [-0.4, -0.2) is 31.7 Å². The molecule has 0 saturated carbocycles. The number of carbonyl (C=O) groups excluding carboxylic acids is 2. The molecular weight excluding hydrogens is 485 g/mol. The number of hydrazone groups is 1. The van der Waals surface area contributed by atoms with E-state index in [1.807, 2.05) is 25.1 Å².